The minimum absolute atomic E-state index is 0.518. The van der Waals surface area contributed by atoms with E-state index in [1.165, 1.54) is 0 Å². The first-order chi connectivity index (χ1) is 5.74. The van der Waals surface area contributed by atoms with Crippen molar-refractivity contribution in [2.75, 3.05) is 0 Å². The summed E-state index contributed by atoms with van der Waals surface area (Å²) < 4.78 is 0.987. The maximum Gasteiger partial charge on any atom is 0.0754 e. The lowest BCUT2D eigenvalue weighted by Crippen LogP contribution is -1.82. The summed E-state index contributed by atoms with van der Waals surface area (Å²) in [6, 6.07) is 5.55. The first kappa shape index (κ1) is 9.87. The minimum atomic E-state index is 0.518. The number of hydrogen-bond acceptors (Lipinski definition) is 2. The van der Waals surface area contributed by atoms with Gasteiger partial charge in [-0.25, -0.2) is 4.99 Å². The van der Waals surface area contributed by atoms with Crippen LogP contribution in [-0.4, -0.2) is 5.16 Å². The second-order valence-electron chi connectivity index (χ2n) is 2.14. The van der Waals surface area contributed by atoms with Gasteiger partial charge in [0.25, 0.3) is 0 Å². The number of benzene rings is 1. The molecule has 0 spiro atoms. The summed E-state index contributed by atoms with van der Waals surface area (Å²) in [7, 11) is 0. The number of nitrogens with zero attached hydrogens (tertiary/aromatic N) is 1. The van der Waals surface area contributed by atoms with Gasteiger partial charge < -0.3 is 0 Å². The van der Waals surface area contributed by atoms with E-state index in [1.807, 2.05) is 18.2 Å². The van der Waals surface area contributed by atoms with Crippen molar-refractivity contribution < 1.29 is 0 Å². The highest BCUT2D eigenvalue weighted by atomic mass is 79.9. The molecule has 1 aromatic carbocycles. The molecule has 0 heterocycles. The van der Waals surface area contributed by atoms with Gasteiger partial charge in [-0.15, -0.1) is 0 Å². The molecule has 0 radical (unpaired) electrons. The molecule has 4 heteroatoms. The maximum absolute atomic E-state index is 5.79. The lowest BCUT2D eigenvalue weighted by atomic mass is 10.2. The number of hydrogen-bond donors (Lipinski definition) is 0. The second-order valence-corrected chi connectivity index (χ2v) is 3.62. The molecule has 1 nitrogen and oxygen atoms in total. The third-order valence-corrected chi connectivity index (χ3v) is 2.46. The molecule has 0 fully saturated rings. The molecule has 0 unspecified atom stereocenters. The average Bonchev–Trinajstić information content (AvgIpc) is 2.07. The normalized spacial score (nSPS) is 9.17. The SMILES string of the molecule is S=C=NCc1cc(Cl)ccc1Br. The molecule has 1 rings (SSSR count). The molecule has 62 valence electrons. The molecule has 0 atom stereocenters. The van der Waals surface area contributed by atoms with Gasteiger partial charge >= 0.3 is 0 Å². The predicted molar refractivity (Wildman–Crippen MR) is 57.9 cm³/mol. The second kappa shape index (κ2) is 4.73. The van der Waals surface area contributed by atoms with Gasteiger partial charge in [0.15, 0.2) is 0 Å². The van der Waals surface area contributed by atoms with Crippen LogP contribution in [0.25, 0.3) is 0 Å². The molecule has 0 aliphatic heterocycles. The average molecular weight is 263 g/mol. The number of aliphatic imine (C=N–C) groups is 1. The highest BCUT2D eigenvalue weighted by Crippen LogP contribution is 2.21. The summed E-state index contributed by atoms with van der Waals surface area (Å²) in [5.41, 5.74) is 1.01. The quantitative estimate of drug-likeness (QED) is 0.585. The molecule has 0 bridgehead atoms. The summed E-state index contributed by atoms with van der Waals surface area (Å²) in [4.78, 5) is 3.82. The molecule has 12 heavy (non-hydrogen) atoms. The zero-order chi connectivity index (χ0) is 8.97. The van der Waals surface area contributed by atoms with Gasteiger partial charge in [0.2, 0.25) is 0 Å². The summed E-state index contributed by atoms with van der Waals surface area (Å²) >= 11 is 13.6. The van der Waals surface area contributed by atoms with Crippen molar-refractivity contribution in [3.63, 3.8) is 0 Å². The lowest BCUT2D eigenvalue weighted by molar-refractivity contribution is 1.07. The minimum Gasteiger partial charge on any atom is -0.228 e. The largest absolute Gasteiger partial charge is 0.228 e. The highest BCUT2D eigenvalue weighted by molar-refractivity contribution is 9.10. The molecule has 0 aliphatic carbocycles. The molecule has 1 aromatic rings. The number of halogens is 2. The molecule has 0 N–H and O–H groups in total. The van der Waals surface area contributed by atoms with E-state index in [0.29, 0.717) is 11.6 Å². The first-order valence-electron chi connectivity index (χ1n) is 3.21. The van der Waals surface area contributed by atoms with Crippen molar-refractivity contribution in [1.29, 1.82) is 0 Å². The molecular formula is C8H5BrClNS. The number of thiocarbonyl (C=S) groups is 1. The van der Waals surface area contributed by atoms with Gasteiger partial charge in [-0.05, 0) is 36.0 Å². The van der Waals surface area contributed by atoms with Crippen LogP contribution in [0, 0.1) is 0 Å². The van der Waals surface area contributed by atoms with Crippen LogP contribution in [-0.2, 0) is 6.54 Å². The number of rotatable bonds is 2. The lowest BCUT2D eigenvalue weighted by Gasteiger charge is -1.99. The van der Waals surface area contributed by atoms with E-state index in [9.17, 15) is 0 Å². The van der Waals surface area contributed by atoms with E-state index in [0.717, 1.165) is 10.0 Å². The Kier molecular flexibility index (Phi) is 3.89. The fraction of sp³-hybridized carbons (Fsp3) is 0.125. The van der Waals surface area contributed by atoms with Crippen molar-refractivity contribution in [2.24, 2.45) is 4.99 Å². The van der Waals surface area contributed by atoms with Gasteiger partial charge in [-0.1, -0.05) is 27.5 Å². The van der Waals surface area contributed by atoms with E-state index in [4.69, 9.17) is 11.6 Å². The van der Waals surface area contributed by atoms with Crippen LogP contribution in [0.2, 0.25) is 5.02 Å². The van der Waals surface area contributed by atoms with Crippen LogP contribution in [0.4, 0.5) is 0 Å². The standard InChI is InChI=1S/C8H5BrClNS/c9-8-2-1-7(10)3-6(8)4-11-5-12/h1-3H,4H2. The van der Waals surface area contributed by atoms with Crippen LogP contribution < -0.4 is 0 Å². The Morgan fingerprint density at radius 2 is 2.33 bits per heavy atom. The smallest absolute Gasteiger partial charge is 0.0754 e. The van der Waals surface area contributed by atoms with Crippen LogP contribution in [0.1, 0.15) is 5.56 Å². The third-order valence-electron chi connectivity index (χ3n) is 1.32. The molecule has 0 saturated carbocycles. The molecular weight excluding hydrogens is 258 g/mol. The van der Waals surface area contributed by atoms with Crippen molar-refractivity contribution in [3.8, 4) is 0 Å². The maximum atomic E-state index is 5.79. The van der Waals surface area contributed by atoms with E-state index in [-0.39, 0.29) is 0 Å². The Bertz CT molecular complexity index is 334. The molecule has 0 saturated heterocycles. The fourth-order valence-corrected chi connectivity index (χ4v) is 1.41. The van der Waals surface area contributed by atoms with E-state index in [1.54, 1.807) is 0 Å². The topological polar surface area (TPSA) is 12.4 Å². The van der Waals surface area contributed by atoms with Gasteiger partial charge in [0.1, 0.15) is 0 Å². The van der Waals surface area contributed by atoms with Crippen LogP contribution >= 0.6 is 39.7 Å². The van der Waals surface area contributed by atoms with E-state index >= 15 is 0 Å². The van der Waals surface area contributed by atoms with Crippen LogP contribution in [0.15, 0.2) is 27.7 Å². The summed E-state index contributed by atoms with van der Waals surface area (Å²) in [5.74, 6) is 0. The Labute approximate surface area is 89.6 Å². The zero-order valence-electron chi connectivity index (χ0n) is 6.05. The van der Waals surface area contributed by atoms with Crippen molar-refractivity contribution >= 4 is 44.9 Å². The van der Waals surface area contributed by atoms with Gasteiger partial charge in [-0.3, -0.25) is 0 Å². The fourth-order valence-electron chi connectivity index (χ4n) is 0.782. The van der Waals surface area contributed by atoms with E-state index in [2.05, 4.69) is 38.3 Å². The van der Waals surface area contributed by atoms with E-state index < -0.39 is 0 Å². The monoisotopic (exact) mass is 261 g/mol. The zero-order valence-corrected chi connectivity index (χ0v) is 9.21. The van der Waals surface area contributed by atoms with Crippen LogP contribution in [0.3, 0.4) is 0 Å². The Morgan fingerprint density at radius 3 is 3.00 bits per heavy atom. The van der Waals surface area contributed by atoms with Crippen molar-refractivity contribution in [2.45, 2.75) is 6.54 Å². The van der Waals surface area contributed by atoms with Gasteiger partial charge in [0, 0.05) is 9.50 Å². The summed E-state index contributed by atoms with van der Waals surface area (Å²) in [6.45, 7) is 0.518. The molecule has 0 amide bonds. The Balaban J connectivity index is 2.96. The third kappa shape index (κ3) is 2.68. The first-order valence-corrected chi connectivity index (χ1v) is 4.79. The highest BCUT2D eigenvalue weighted by Gasteiger charge is 1.98. The molecule has 0 aromatic heterocycles. The number of isothiocyanates is 1. The van der Waals surface area contributed by atoms with Crippen LogP contribution in [0.5, 0.6) is 0 Å². The predicted octanol–water partition coefficient (Wildman–Crippen LogP) is 3.71. The van der Waals surface area contributed by atoms with Gasteiger partial charge in [0.05, 0.1) is 11.7 Å². The molecule has 0 aliphatic rings. The Hall–Kier alpha value is -0.210. The van der Waals surface area contributed by atoms with Gasteiger partial charge in [-0.2, -0.15) is 0 Å². The van der Waals surface area contributed by atoms with Crippen molar-refractivity contribution in [1.82, 2.24) is 0 Å². The Morgan fingerprint density at radius 1 is 1.58 bits per heavy atom. The van der Waals surface area contributed by atoms with Crippen molar-refractivity contribution in [3.05, 3.63) is 33.3 Å². The summed E-state index contributed by atoms with van der Waals surface area (Å²) in [5, 5.41) is 3.01. The summed E-state index contributed by atoms with van der Waals surface area (Å²) in [6.07, 6.45) is 0.